The van der Waals surface area contributed by atoms with E-state index in [1.807, 2.05) is 36.4 Å². The Morgan fingerprint density at radius 3 is 2.74 bits per heavy atom. The molecule has 2 aromatic carbocycles. The number of nitrogens with zero attached hydrogens (tertiary/aromatic N) is 4. The Morgan fingerprint density at radius 2 is 1.88 bits per heavy atom. The molecule has 1 amide bonds. The van der Waals surface area contributed by atoms with Gasteiger partial charge in [-0.25, -0.2) is 4.39 Å². The predicted octanol–water partition coefficient (Wildman–Crippen LogP) is 5.86. The normalized spacial score (nSPS) is 21.5. The second-order valence-corrected chi connectivity index (χ2v) is 9.83. The van der Waals surface area contributed by atoms with Gasteiger partial charge in [0.15, 0.2) is 0 Å². The Labute approximate surface area is 197 Å². The molecule has 2 atom stereocenters. The first-order chi connectivity index (χ1) is 16.7. The zero-order chi connectivity index (χ0) is 22.8. The second kappa shape index (κ2) is 7.49. The van der Waals surface area contributed by atoms with Crippen molar-refractivity contribution in [1.82, 2.24) is 19.7 Å². The number of halogens is 1. The molecule has 0 N–H and O–H groups in total. The molecule has 1 saturated heterocycles. The molecule has 1 aliphatic carbocycles. The molecule has 2 aliphatic heterocycles. The molecule has 5 nitrogen and oxygen atoms in total. The van der Waals surface area contributed by atoms with Gasteiger partial charge in [0, 0.05) is 34.3 Å². The summed E-state index contributed by atoms with van der Waals surface area (Å²) < 4.78 is 16.3. The fraction of sp³-hybridized carbons (Fsp3) is 0.321. The summed E-state index contributed by atoms with van der Waals surface area (Å²) in [5, 5.41) is 6.08. The first-order valence-corrected chi connectivity index (χ1v) is 12.2. The van der Waals surface area contributed by atoms with Gasteiger partial charge in [0.05, 0.1) is 29.0 Å². The fourth-order valence-corrected chi connectivity index (χ4v) is 5.93. The highest BCUT2D eigenvalue weighted by Crippen LogP contribution is 2.48. The molecule has 2 unspecified atom stereocenters. The van der Waals surface area contributed by atoms with Crippen molar-refractivity contribution in [3.8, 4) is 11.3 Å². The Bertz CT molecular complexity index is 1440. The van der Waals surface area contributed by atoms with Gasteiger partial charge < -0.3 is 4.90 Å². The lowest BCUT2D eigenvalue weighted by molar-refractivity contribution is 0.0392. The fourth-order valence-electron chi connectivity index (χ4n) is 5.93. The molecule has 0 spiro atoms. The van der Waals surface area contributed by atoms with E-state index in [1.165, 1.54) is 11.6 Å². The van der Waals surface area contributed by atoms with E-state index in [1.54, 1.807) is 18.3 Å². The highest BCUT2D eigenvalue weighted by Gasteiger charge is 2.45. The molecule has 3 aliphatic rings. The van der Waals surface area contributed by atoms with Gasteiger partial charge in [0.2, 0.25) is 0 Å². The number of fused-ring (bicyclic) bond motifs is 5. The molecule has 34 heavy (non-hydrogen) atoms. The first kappa shape index (κ1) is 19.9. The van der Waals surface area contributed by atoms with Crippen LogP contribution in [0.4, 0.5) is 4.39 Å². The summed E-state index contributed by atoms with van der Waals surface area (Å²) in [6.45, 7) is 0. The second-order valence-electron chi connectivity index (χ2n) is 9.83. The molecule has 7 rings (SSSR count). The van der Waals surface area contributed by atoms with Crippen LogP contribution in [0.25, 0.3) is 22.2 Å². The van der Waals surface area contributed by atoms with Crippen LogP contribution in [0.15, 0.2) is 60.8 Å². The van der Waals surface area contributed by atoms with Crippen molar-refractivity contribution in [3.05, 3.63) is 83.4 Å². The average Bonchev–Trinajstić information content (AvgIpc) is 3.63. The Kier molecular flexibility index (Phi) is 4.38. The topological polar surface area (TPSA) is 51.0 Å². The van der Waals surface area contributed by atoms with Crippen molar-refractivity contribution in [3.63, 3.8) is 0 Å². The van der Waals surface area contributed by atoms with Crippen molar-refractivity contribution in [2.45, 2.75) is 56.7 Å². The van der Waals surface area contributed by atoms with E-state index in [0.717, 1.165) is 66.4 Å². The van der Waals surface area contributed by atoms with E-state index < -0.39 is 0 Å². The summed E-state index contributed by atoms with van der Waals surface area (Å²) in [6.07, 6.45) is 7.72. The van der Waals surface area contributed by atoms with Gasteiger partial charge in [-0.15, -0.1) is 0 Å². The maximum Gasteiger partial charge on any atom is 0.254 e. The van der Waals surface area contributed by atoms with Gasteiger partial charge in [0.25, 0.3) is 5.91 Å². The largest absolute Gasteiger partial charge is 0.327 e. The molecule has 6 heteroatoms. The van der Waals surface area contributed by atoms with Crippen LogP contribution in [0.3, 0.4) is 0 Å². The van der Waals surface area contributed by atoms with Gasteiger partial charge in [0.1, 0.15) is 5.82 Å². The number of pyridine rings is 1. The Balaban J connectivity index is 1.33. The number of piperidine rings is 1. The monoisotopic (exact) mass is 452 g/mol. The molecular weight excluding hydrogens is 427 g/mol. The highest BCUT2D eigenvalue weighted by molar-refractivity contribution is 5.98. The molecule has 4 heterocycles. The molecule has 4 aromatic rings. The molecule has 0 radical (unpaired) electrons. The first-order valence-electron chi connectivity index (χ1n) is 12.2. The SMILES string of the molecule is O=C(c1ccc2ncccc2c1)N1C2CCCC1c1nn(C3CC3)c(-c3cccc(F)c3)c1C2. The Hall–Kier alpha value is -3.54. The van der Waals surface area contributed by atoms with Gasteiger partial charge in [-0.2, -0.15) is 5.10 Å². The molecular formula is C28H25FN4O. The number of hydrogen-bond donors (Lipinski definition) is 0. The van der Waals surface area contributed by atoms with Crippen LogP contribution in [0.1, 0.15) is 65.8 Å². The zero-order valence-electron chi connectivity index (χ0n) is 18.8. The Morgan fingerprint density at radius 1 is 0.971 bits per heavy atom. The number of aromatic nitrogens is 3. The summed E-state index contributed by atoms with van der Waals surface area (Å²) in [5.74, 6) is -0.159. The van der Waals surface area contributed by atoms with Crippen LogP contribution in [0.2, 0.25) is 0 Å². The lowest BCUT2D eigenvalue weighted by atomic mass is 9.81. The maximum absolute atomic E-state index is 14.1. The van der Waals surface area contributed by atoms with Crippen LogP contribution >= 0.6 is 0 Å². The minimum absolute atomic E-state index is 0.0353. The van der Waals surface area contributed by atoms with Crippen LogP contribution < -0.4 is 0 Å². The molecule has 2 fully saturated rings. The zero-order valence-corrected chi connectivity index (χ0v) is 18.8. The summed E-state index contributed by atoms with van der Waals surface area (Å²) >= 11 is 0. The summed E-state index contributed by atoms with van der Waals surface area (Å²) in [4.78, 5) is 20.3. The maximum atomic E-state index is 14.1. The highest BCUT2D eigenvalue weighted by atomic mass is 19.1. The minimum atomic E-state index is -0.228. The van der Waals surface area contributed by atoms with Crippen molar-refractivity contribution in [1.29, 1.82) is 0 Å². The predicted molar refractivity (Wildman–Crippen MR) is 128 cm³/mol. The smallest absolute Gasteiger partial charge is 0.254 e. The van der Waals surface area contributed by atoms with E-state index in [2.05, 4.69) is 14.6 Å². The van der Waals surface area contributed by atoms with Crippen molar-refractivity contribution in [2.24, 2.45) is 0 Å². The standard InChI is InChI=1S/C28H25FN4O/c29-20-6-1-4-18(15-20)27-23-16-22-7-2-8-25(26(23)31-33(27)21-10-11-21)32(22)28(34)19-9-12-24-17(14-19)5-3-13-30-24/h1,3-6,9,12-15,21-22,25H,2,7-8,10-11,16H2. The number of benzene rings is 2. The summed E-state index contributed by atoms with van der Waals surface area (Å²) in [7, 11) is 0. The van der Waals surface area contributed by atoms with Crippen LogP contribution in [-0.4, -0.2) is 31.6 Å². The quantitative estimate of drug-likeness (QED) is 0.391. The van der Waals surface area contributed by atoms with Gasteiger partial charge in [-0.05, 0) is 74.9 Å². The summed E-state index contributed by atoms with van der Waals surface area (Å²) in [5.41, 5.74) is 5.76. The minimum Gasteiger partial charge on any atom is -0.327 e. The van der Waals surface area contributed by atoms with E-state index in [4.69, 9.17) is 5.10 Å². The van der Waals surface area contributed by atoms with Gasteiger partial charge in [-0.1, -0.05) is 18.2 Å². The summed E-state index contributed by atoms with van der Waals surface area (Å²) in [6, 6.07) is 17.0. The van der Waals surface area contributed by atoms with Crippen LogP contribution in [0.5, 0.6) is 0 Å². The van der Waals surface area contributed by atoms with Gasteiger partial charge in [-0.3, -0.25) is 14.5 Å². The average molecular weight is 453 g/mol. The molecule has 2 bridgehead atoms. The number of hydrogen-bond acceptors (Lipinski definition) is 3. The van der Waals surface area contributed by atoms with E-state index in [9.17, 15) is 9.18 Å². The van der Waals surface area contributed by atoms with Crippen molar-refractivity contribution >= 4 is 16.8 Å². The van der Waals surface area contributed by atoms with Crippen LogP contribution in [-0.2, 0) is 6.42 Å². The van der Waals surface area contributed by atoms with Crippen LogP contribution in [0, 0.1) is 5.82 Å². The number of amides is 1. The molecule has 2 aromatic heterocycles. The van der Waals surface area contributed by atoms with Crippen molar-refractivity contribution < 1.29 is 9.18 Å². The number of rotatable bonds is 3. The van der Waals surface area contributed by atoms with Crippen molar-refractivity contribution in [2.75, 3.05) is 0 Å². The molecule has 170 valence electrons. The van der Waals surface area contributed by atoms with Gasteiger partial charge >= 0.3 is 0 Å². The third-order valence-corrected chi connectivity index (χ3v) is 7.61. The number of carbonyl (C=O) groups excluding carboxylic acids is 1. The lowest BCUT2D eigenvalue weighted by Gasteiger charge is -2.45. The number of carbonyl (C=O) groups is 1. The third kappa shape index (κ3) is 3.08. The lowest BCUT2D eigenvalue weighted by Crippen LogP contribution is -2.49. The third-order valence-electron chi connectivity index (χ3n) is 7.61. The van der Waals surface area contributed by atoms with E-state index >= 15 is 0 Å². The van der Waals surface area contributed by atoms with E-state index in [-0.39, 0.29) is 23.8 Å². The molecule has 1 saturated carbocycles. The van der Waals surface area contributed by atoms with E-state index in [0.29, 0.717) is 11.6 Å².